The lowest BCUT2D eigenvalue weighted by Gasteiger charge is -2.04. The first-order valence-electron chi connectivity index (χ1n) is 7.80. The number of aromatic nitrogens is 2. The number of benzene rings is 2. The molecule has 1 aromatic heterocycles. The van der Waals surface area contributed by atoms with E-state index < -0.39 is 0 Å². The maximum absolute atomic E-state index is 11.9. The number of aromatic amines is 1. The van der Waals surface area contributed by atoms with Gasteiger partial charge in [-0.2, -0.15) is 0 Å². The fourth-order valence-electron chi connectivity index (χ4n) is 2.23. The summed E-state index contributed by atoms with van der Waals surface area (Å²) in [6, 6.07) is 18.8. The number of carbonyl (C=O) groups excluding carboxylic acids is 2. The van der Waals surface area contributed by atoms with Crippen LogP contribution in [0.3, 0.4) is 0 Å². The summed E-state index contributed by atoms with van der Waals surface area (Å²) < 4.78 is 0. The summed E-state index contributed by atoms with van der Waals surface area (Å²) >= 11 is 1.30. The molecule has 0 spiro atoms. The van der Waals surface area contributed by atoms with Gasteiger partial charge in [0.15, 0.2) is 10.9 Å². The number of thioether (sulfide) groups is 1. The Bertz CT molecular complexity index is 847. The molecular weight excluding hydrogens is 334 g/mol. The topological polar surface area (TPSA) is 74.8 Å². The van der Waals surface area contributed by atoms with Crippen LogP contribution in [-0.2, 0) is 4.79 Å². The van der Waals surface area contributed by atoms with Crippen LogP contribution in [0, 0.1) is 0 Å². The second kappa shape index (κ2) is 8.30. The highest BCUT2D eigenvalue weighted by molar-refractivity contribution is 7.99. The van der Waals surface area contributed by atoms with Gasteiger partial charge in [-0.1, -0.05) is 72.4 Å². The van der Waals surface area contributed by atoms with Gasteiger partial charge in [0.25, 0.3) is 0 Å². The highest BCUT2D eigenvalue weighted by Gasteiger charge is 2.10. The van der Waals surface area contributed by atoms with E-state index in [1.54, 1.807) is 30.5 Å². The lowest BCUT2D eigenvalue weighted by atomic mass is 10.1. The third-order valence-electron chi connectivity index (χ3n) is 3.52. The number of Topliss-reactive ketones (excluding diaryl/α,β-unsaturated/α-hetero) is 1. The third-order valence-corrected chi connectivity index (χ3v) is 4.41. The molecule has 0 atom stereocenters. The van der Waals surface area contributed by atoms with Crippen molar-refractivity contribution in [3.05, 3.63) is 72.4 Å². The SMILES string of the molecule is O=C(CSc1ncc(-c2ccccc2)[nH]1)NCC(=O)c1ccccc1. The van der Waals surface area contributed by atoms with Crippen molar-refractivity contribution >= 4 is 23.5 Å². The van der Waals surface area contributed by atoms with Gasteiger partial charge in [-0.3, -0.25) is 9.59 Å². The van der Waals surface area contributed by atoms with Crippen molar-refractivity contribution in [3.63, 3.8) is 0 Å². The normalized spacial score (nSPS) is 10.4. The second-order valence-electron chi connectivity index (χ2n) is 5.32. The number of amides is 1. The van der Waals surface area contributed by atoms with Gasteiger partial charge in [0.1, 0.15) is 0 Å². The molecule has 3 aromatic rings. The molecule has 0 aliphatic rings. The average Bonchev–Trinajstić information content (AvgIpc) is 3.15. The summed E-state index contributed by atoms with van der Waals surface area (Å²) in [5.74, 6) is -0.112. The molecule has 2 N–H and O–H groups in total. The molecule has 25 heavy (non-hydrogen) atoms. The Kier molecular flexibility index (Phi) is 5.64. The van der Waals surface area contributed by atoms with Crippen LogP contribution in [0.15, 0.2) is 72.0 Å². The van der Waals surface area contributed by atoms with Gasteiger partial charge < -0.3 is 10.3 Å². The Morgan fingerprint density at radius 2 is 1.68 bits per heavy atom. The number of carbonyl (C=O) groups is 2. The fourth-order valence-corrected chi connectivity index (χ4v) is 2.91. The van der Waals surface area contributed by atoms with Crippen molar-refractivity contribution in [2.24, 2.45) is 0 Å². The first-order chi connectivity index (χ1) is 12.2. The molecular formula is C19H17N3O2S. The van der Waals surface area contributed by atoms with Crippen LogP contribution in [-0.4, -0.2) is 34.0 Å². The molecule has 0 fully saturated rings. The van der Waals surface area contributed by atoms with Gasteiger partial charge in [0, 0.05) is 5.56 Å². The molecule has 0 aliphatic heterocycles. The molecule has 3 rings (SSSR count). The van der Waals surface area contributed by atoms with Crippen LogP contribution in [0.1, 0.15) is 10.4 Å². The summed E-state index contributed by atoms with van der Waals surface area (Å²) in [5.41, 5.74) is 2.54. The smallest absolute Gasteiger partial charge is 0.230 e. The Hall–Kier alpha value is -2.86. The van der Waals surface area contributed by atoms with Gasteiger partial charge in [-0.05, 0) is 5.56 Å². The molecule has 126 valence electrons. The van der Waals surface area contributed by atoms with E-state index in [2.05, 4.69) is 15.3 Å². The van der Waals surface area contributed by atoms with Crippen LogP contribution in [0.5, 0.6) is 0 Å². The number of imidazole rings is 1. The van der Waals surface area contributed by atoms with E-state index in [1.165, 1.54) is 11.8 Å². The lowest BCUT2D eigenvalue weighted by Crippen LogP contribution is -2.30. The van der Waals surface area contributed by atoms with Gasteiger partial charge in [-0.25, -0.2) is 4.98 Å². The maximum atomic E-state index is 11.9. The van der Waals surface area contributed by atoms with E-state index in [1.807, 2.05) is 36.4 Å². The molecule has 1 amide bonds. The summed E-state index contributed by atoms with van der Waals surface area (Å²) in [5, 5.41) is 3.31. The van der Waals surface area contributed by atoms with Crippen LogP contribution < -0.4 is 5.32 Å². The van der Waals surface area contributed by atoms with Crippen molar-refractivity contribution in [2.45, 2.75) is 5.16 Å². The first kappa shape index (κ1) is 17.0. The van der Waals surface area contributed by atoms with Crippen LogP contribution >= 0.6 is 11.8 Å². The third kappa shape index (κ3) is 4.81. The van der Waals surface area contributed by atoms with E-state index >= 15 is 0 Å². The molecule has 6 heteroatoms. The Labute approximate surface area is 149 Å². The average molecular weight is 351 g/mol. The number of nitrogens with one attached hydrogen (secondary N) is 2. The fraction of sp³-hybridized carbons (Fsp3) is 0.105. The minimum atomic E-state index is -0.202. The monoisotopic (exact) mass is 351 g/mol. The van der Waals surface area contributed by atoms with E-state index in [-0.39, 0.29) is 24.0 Å². The van der Waals surface area contributed by atoms with Crippen molar-refractivity contribution in [3.8, 4) is 11.3 Å². The summed E-state index contributed by atoms with van der Waals surface area (Å²) in [7, 11) is 0. The van der Waals surface area contributed by atoms with Gasteiger partial charge in [0.2, 0.25) is 5.91 Å². The highest BCUT2D eigenvalue weighted by Crippen LogP contribution is 2.20. The minimum Gasteiger partial charge on any atom is -0.348 e. The number of hydrogen-bond acceptors (Lipinski definition) is 4. The maximum Gasteiger partial charge on any atom is 0.230 e. The summed E-state index contributed by atoms with van der Waals surface area (Å²) in [4.78, 5) is 31.3. The standard InChI is InChI=1S/C19H17N3O2S/c23-17(15-9-5-2-6-10-15)12-20-18(24)13-25-19-21-11-16(22-19)14-7-3-1-4-8-14/h1-11H,12-13H2,(H,20,24)(H,21,22). The van der Waals surface area contributed by atoms with E-state index in [0.717, 1.165) is 11.3 Å². The number of H-pyrrole nitrogens is 1. The first-order valence-corrected chi connectivity index (χ1v) is 8.79. The number of rotatable bonds is 7. The summed E-state index contributed by atoms with van der Waals surface area (Å²) in [6.07, 6.45) is 1.74. The lowest BCUT2D eigenvalue weighted by molar-refractivity contribution is -0.118. The largest absolute Gasteiger partial charge is 0.348 e. The predicted molar refractivity (Wildman–Crippen MR) is 98.5 cm³/mol. The zero-order chi connectivity index (χ0) is 17.5. The van der Waals surface area contributed by atoms with Crippen molar-refractivity contribution < 1.29 is 9.59 Å². The molecule has 2 aromatic carbocycles. The quantitative estimate of drug-likeness (QED) is 0.506. The summed E-state index contributed by atoms with van der Waals surface area (Å²) in [6.45, 7) is -0.00315. The molecule has 0 saturated heterocycles. The van der Waals surface area contributed by atoms with E-state index in [4.69, 9.17) is 0 Å². The Morgan fingerprint density at radius 1 is 1.00 bits per heavy atom. The van der Waals surface area contributed by atoms with Crippen molar-refractivity contribution in [1.82, 2.24) is 15.3 Å². The Morgan fingerprint density at radius 3 is 2.40 bits per heavy atom. The van der Waals surface area contributed by atoms with E-state index in [9.17, 15) is 9.59 Å². The number of nitrogens with zero attached hydrogens (tertiary/aromatic N) is 1. The molecule has 0 bridgehead atoms. The molecule has 5 nitrogen and oxygen atoms in total. The molecule has 0 radical (unpaired) electrons. The van der Waals surface area contributed by atoms with Gasteiger partial charge >= 0.3 is 0 Å². The van der Waals surface area contributed by atoms with Crippen LogP contribution in [0.4, 0.5) is 0 Å². The second-order valence-corrected chi connectivity index (χ2v) is 6.29. The molecule has 0 aliphatic carbocycles. The number of ketones is 1. The van der Waals surface area contributed by atoms with Crippen LogP contribution in [0.25, 0.3) is 11.3 Å². The van der Waals surface area contributed by atoms with Crippen molar-refractivity contribution in [2.75, 3.05) is 12.3 Å². The van der Waals surface area contributed by atoms with Gasteiger partial charge in [-0.15, -0.1) is 0 Å². The molecule has 0 saturated carbocycles. The van der Waals surface area contributed by atoms with Gasteiger partial charge in [0.05, 0.1) is 24.2 Å². The highest BCUT2D eigenvalue weighted by atomic mass is 32.2. The van der Waals surface area contributed by atoms with Crippen LogP contribution in [0.2, 0.25) is 0 Å². The zero-order valence-corrected chi connectivity index (χ0v) is 14.3. The molecule has 1 heterocycles. The number of hydrogen-bond donors (Lipinski definition) is 2. The predicted octanol–water partition coefficient (Wildman–Crippen LogP) is 3.17. The van der Waals surface area contributed by atoms with Crippen molar-refractivity contribution in [1.29, 1.82) is 0 Å². The van der Waals surface area contributed by atoms with E-state index in [0.29, 0.717) is 10.7 Å². The minimum absolute atomic E-state index is 0.00315. The zero-order valence-electron chi connectivity index (χ0n) is 13.4. The Balaban J connectivity index is 1.47. The molecule has 0 unspecified atom stereocenters.